The molecule has 70 valence electrons. The van der Waals surface area contributed by atoms with E-state index in [4.69, 9.17) is 5.11 Å². The van der Waals surface area contributed by atoms with Gasteiger partial charge in [0.1, 0.15) is 0 Å². The van der Waals surface area contributed by atoms with Gasteiger partial charge in [0.2, 0.25) is 5.91 Å². The van der Waals surface area contributed by atoms with Crippen molar-refractivity contribution < 1.29 is 9.90 Å². The molecule has 0 saturated carbocycles. The summed E-state index contributed by atoms with van der Waals surface area (Å²) in [6, 6.07) is 0. The number of piperazine rings is 1. The van der Waals surface area contributed by atoms with Crippen LogP contribution in [0.15, 0.2) is 0 Å². The van der Waals surface area contributed by atoms with E-state index in [2.05, 4.69) is 5.32 Å². The number of hydrogen-bond acceptors (Lipinski definition) is 3. The summed E-state index contributed by atoms with van der Waals surface area (Å²) in [4.78, 5) is 13.4. The first-order valence-corrected chi connectivity index (χ1v) is 4.23. The van der Waals surface area contributed by atoms with Crippen LogP contribution in [0, 0.1) is 0 Å². The number of nitrogens with one attached hydrogen (secondary N) is 1. The van der Waals surface area contributed by atoms with Crippen LogP contribution in [0.25, 0.3) is 0 Å². The van der Waals surface area contributed by atoms with Crippen LogP contribution in [-0.2, 0) is 4.79 Å². The second-order valence-corrected chi connectivity index (χ2v) is 3.53. The van der Waals surface area contributed by atoms with Crippen LogP contribution in [0.3, 0.4) is 0 Å². The Balaban J connectivity index is 2.65. The van der Waals surface area contributed by atoms with Crippen LogP contribution in [0.1, 0.15) is 13.8 Å². The largest absolute Gasteiger partial charge is 0.395 e. The Morgan fingerprint density at radius 2 is 2.33 bits per heavy atom. The highest BCUT2D eigenvalue weighted by Crippen LogP contribution is 2.16. The Hall–Kier alpha value is -0.610. The minimum absolute atomic E-state index is 0.0437. The fraction of sp³-hybridized carbons (Fsp3) is 0.875. The number of aliphatic hydroxyl groups is 1. The van der Waals surface area contributed by atoms with Gasteiger partial charge < -0.3 is 10.4 Å². The summed E-state index contributed by atoms with van der Waals surface area (Å²) < 4.78 is 0. The Morgan fingerprint density at radius 1 is 1.67 bits per heavy atom. The maximum atomic E-state index is 11.4. The number of carbonyl (C=O) groups excluding carboxylic acids is 1. The van der Waals surface area contributed by atoms with Gasteiger partial charge >= 0.3 is 0 Å². The molecule has 0 aromatic rings. The van der Waals surface area contributed by atoms with Gasteiger partial charge in [-0.25, -0.2) is 0 Å². The SMILES string of the molecule is CC1(C)C(=O)NCCN1CCO. The number of rotatable bonds is 2. The number of β-amino-alcohol motifs (C(OH)–C–C–N with tert-alkyl or cyclic N) is 1. The van der Waals surface area contributed by atoms with Crippen molar-refractivity contribution in [3.8, 4) is 0 Å². The second-order valence-electron chi connectivity index (χ2n) is 3.53. The smallest absolute Gasteiger partial charge is 0.240 e. The molecule has 2 N–H and O–H groups in total. The highest BCUT2D eigenvalue weighted by atomic mass is 16.3. The lowest BCUT2D eigenvalue weighted by atomic mass is 9.99. The Bertz CT molecular complexity index is 178. The van der Waals surface area contributed by atoms with Gasteiger partial charge in [-0.1, -0.05) is 0 Å². The molecule has 0 aromatic heterocycles. The predicted molar refractivity (Wildman–Crippen MR) is 45.7 cm³/mol. The first-order chi connectivity index (χ1) is 5.59. The van der Waals surface area contributed by atoms with Gasteiger partial charge in [0, 0.05) is 19.6 Å². The van der Waals surface area contributed by atoms with E-state index in [1.165, 1.54) is 0 Å². The lowest BCUT2D eigenvalue weighted by Gasteiger charge is -2.40. The van der Waals surface area contributed by atoms with E-state index in [0.29, 0.717) is 13.1 Å². The van der Waals surface area contributed by atoms with Crippen molar-refractivity contribution in [3.05, 3.63) is 0 Å². The Kier molecular flexibility index (Phi) is 2.69. The van der Waals surface area contributed by atoms with Gasteiger partial charge in [0.05, 0.1) is 12.1 Å². The molecule has 0 atom stereocenters. The second kappa shape index (κ2) is 3.41. The van der Waals surface area contributed by atoms with Crippen LogP contribution in [0.4, 0.5) is 0 Å². The average Bonchev–Trinajstić information content (AvgIpc) is 2.00. The standard InChI is InChI=1S/C8H16N2O2/c1-8(2)7(12)9-3-4-10(8)5-6-11/h11H,3-6H2,1-2H3,(H,9,12). The van der Waals surface area contributed by atoms with E-state index < -0.39 is 5.54 Å². The molecule has 0 aromatic carbocycles. The molecular formula is C8H16N2O2. The van der Waals surface area contributed by atoms with Gasteiger partial charge in [-0.3, -0.25) is 9.69 Å². The van der Waals surface area contributed by atoms with Gasteiger partial charge in [0.25, 0.3) is 0 Å². The maximum Gasteiger partial charge on any atom is 0.240 e. The monoisotopic (exact) mass is 172 g/mol. The summed E-state index contributed by atoms with van der Waals surface area (Å²) in [5, 5.41) is 11.6. The normalized spacial score (nSPS) is 23.8. The molecule has 0 spiro atoms. The van der Waals surface area contributed by atoms with Crippen molar-refractivity contribution >= 4 is 5.91 Å². The summed E-state index contributed by atoms with van der Waals surface area (Å²) in [6.45, 7) is 5.92. The van der Waals surface area contributed by atoms with E-state index >= 15 is 0 Å². The number of aliphatic hydroxyl groups excluding tert-OH is 1. The van der Waals surface area contributed by atoms with Gasteiger partial charge in [-0.2, -0.15) is 0 Å². The Morgan fingerprint density at radius 3 is 2.92 bits per heavy atom. The first-order valence-electron chi connectivity index (χ1n) is 4.23. The molecule has 0 bridgehead atoms. The summed E-state index contributed by atoms with van der Waals surface area (Å²) in [6.07, 6.45) is 0. The van der Waals surface area contributed by atoms with Gasteiger partial charge in [0.15, 0.2) is 0 Å². The van der Waals surface area contributed by atoms with Gasteiger partial charge in [-0.05, 0) is 13.8 Å². The Labute approximate surface area is 72.6 Å². The van der Waals surface area contributed by atoms with E-state index in [9.17, 15) is 4.79 Å². The third kappa shape index (κ3) is 1.59. The molecule has 0 aliphatic carbocycles. The zero-order valence-corrected chi connectivity index (χ0v) is 7.63. The predicted octanol–water partition coefficient (Wildman–Crippen LogP) is -0.811. The lowest BCUT2D eigenvalue weighted by molar-refractivity contribution is -0.135. The molecule has 1 amide bonds. The molecule has 1 aliphatic rings. The van der Waals surface area contributed by atoms with Crippen LogP contribution in [0.2, 0.25) is 0 Å². The van der Waals surface area contributed by atoms with E-state index in [-0.39, 0.29) is 12.5 Å². The summed E-state index contributed by atoms with van der Waals surface area (Å²) in [5.41, 5.74) is -0.471. The third-order valence-corrected chi connectivity index (χ3v) is 2.38. The van der Waals surface area contributed by atoms with Crippen molar-refractivity contribution in [2.75, 3.05) is 26.2 Å². The number of nitrogens with zero attached hydrogens (tertiary/aromatic N) is 1. The number of hydrogen-bond donors (Lipinski definition) is 2. The molecule has 0 radical (unpaired) electrons. The molecule has 1 aliphatic heterocycles. The van der Waals surface area contributed by atoms with Gasteiger partial charge in [-0.15, -0.1) is 0 Å². The van der Waals surface area contributed by atoms with Crippen molar-refractivity contribution in [2.45, 2.75) is 19.4 Å². The molecule has 1 rings (SSSR count). The summed E-state index contributed by atoms with van der Waals surface area (Å²) in [5.74, 6) is 0.0437. The quantitative estimate of drug-likeness (QED) is 0.573. The van der Waals surface area contributed by atoms with E-state index in [0.717, 1.165) is 6.54 Å². The lowest BCUT2D eigenvalue weighted by Crippen LogP contribution is -2.62. The molecule has 12 heavy (non-hydrogen) atoms. The fourth-order valence-corrected chi connectivity index (χ4v) is 1.46. The van der Waals surface area contributed by atoms with E-state index in [1.54, 1.807) is 0 Å². The fourth-order valence-electron chi connectivity index (χ4n) is 1.46. The number of carbonyl (C=O) groups is 1. The topological polar surface area (TPSA) is 52.6 Å². The highest BCUT2D eigenvalue weighted by molar-refractivity contribution is 5.86. The van der Waals surface area contributed by atoms with Crippen LogP contribution < -0.4 is 5.32 Å². The maximum absolute atomic E-state index is 11.4. The van der Waals surface area contributed by atoms with Crippen molar-refractivity contribution in [3.63, 3.8) is 0 Å². The van der Waals surface area contributed by atoms with Crippen molar-refractivity contribution in [1.29, 1.82) is 0 Å². The molecule has 1 saturated heterocycles. The molecule has 4 nitrogen and oxygen atoms in total. The highest BCUT2D eigenvalue weighted by Gasteiger charge is 2.36. The summed E-state index contributed by atoms with van der Waals surface area (Å²) >= 11 is 0. The van der Waals surface area contributed by atoms with Crippen LogP contribution in [-0.4, -0.2) is 47.7 Å². The molecule has 1 heterocycles. The molecule has 4 heteroatoms. The van der Waals surface area contributed by atoms with Crippen LogP contribution in [0.5, 0.6) is 0 Å². The zero-order valence-electron chi connectivity index (χ0n) is 7.63. The molecule has 0 unspecified atom stereocenters. The minimum Gasteiger partial charge on any atom is -0.395 e. The average molecular weight is 172 g/mol. The van der Waals surface area contributed by atoms with Crippen LogP contribution >= 0.6 is 0 Å². The third-order valence-electron chi connectivity index (χ3n) is 2.38. The van der Waals surface area contributed by atoms with E-state index in [1.807, 2.05) is 18.7 Å². The first kappa shape index (κ1) is 9.48. The number of amides is 1. The van der Waals surface area contributed by atoms with Crippen molar-refractivity contribution in [1.82, 2.24) is 10.2 Å². The molecule has 1 fully saturated rings. The summed E-state index contributed by atoms with van der Waals surface area (Å²) in [7, 11) is 0. The minimum atomic E-state index is -0.471. The zero-order chi connectivity index (χ0) is 9.19. The molecular weight excluding hydrogens is 156 g/mol. The van der Waals surface area contributed by atoms with Crippen molar-refractivity contribution in [2.24, 2.45) is 0 Å².